The Morgan fingerprint density at radius 3 is 1.95 bits per heavy atom. The van der Waals surface area contributed by atoms with Gasteiger partial charge in [-0.1, -0.05) is 30.3 Å². The van der Waals surface area contributed by atoms with Crippen molar-refractivity contribution in [2.24, 2.45) is 0 Å². The van der Waals surface area contributed by atoms with Gasteiger partial charge in [0, 0.05) is 0 Å². The number of rotatable bonds is 9. The topological polar surface area (TPSA) is 131 Å². The highest BCUT2D eigenvalue weighted by Crippen LogP contribution is 2.10. The summed E-state index contributed by atoms with van der Waals surface area (Å²) in [6.07, 6.45) is -8.33. The van der Waals surface area contributed by atoms with Crippen LogP contribution in [0.3, 0.4) is 0 Å². The minimum atomic E-state index is -1.80. The average molecular weight is 302 g/mol. The molecule has 0 heterocycles. The second-order valence-corrected chi connectivity index (χ2v) is 4.79. The first-order valence-electron chi connectivity index (χ1n) is 6.60. The summed E-state index contributed by atoms with van der Waals surface area (Å²) in [5.74, 6) is 0. The lowest BCUT2D eigenvalue weighted by Crippen LogP contribution is -2.51. The van der Waals surface area contributed by atoms with Crippen molar-refractivity contribution in [2.45, 2.75) is 37.1 Å². The van der Waals surface area contributed by atoms with Crippen LogP contribution in [-0.2, 0) is 11.3 Å². The van der Waals surface area contributed by atoms with Crippen LogP contribution in [0.1, 0.15) is 5.56 Å². The molecule has 6 N–H and O–H groups in total. The maximum absolute atomic E-state index is 9.68. The summed E-state index contributed by atoms with van der Waals surface area (Å²) >= 11 is 0. The summed E-state index contributed by atoms with van der Waals surface area (Å²) in [7, 11) is 0. The van der Waals surface area contributed by atoms with Crippen LogP contribution in [0.2, 0.25) is 0 Å². The molecule has 0 bridgehead atoms. The van der Waals surface area contributed by atoms with Gasteiger partial charge in [0.15, 0.2) is 0 Å². The van der Waals surface area contributed by atoms with E-state index >= 15 is 0 Å². The van der Waals surface area contributed by atoms with E-state index in [1.54, 1.807) is 0 Å². The Kier molecular flexibility index (Phi) is 7.76. The molecule has 7 nitrogen and oxygen atoms in total. The van der Waals surface area contributed by atoms with Gasteiger partial charge in [-0.25, -0.2) is 0 Å². The Labute approximate surface area is 122 Å². The van der Waals surface area contributed by atoms with Crippen molar-refractivity contribution in [1.82, 2.24) is 0 Å². The van der Waals surface area contributed by atoms with Gasteiger partial charge in [-0.3, -0.25) is 0 Å². The molecule has 0 amide bonds. The third-order valence-corrected chi connectivity index (χ3v) is 3.08. The van der Waals surface area contributed by atoms with Gasteiger partial charge in [0.2, 0.25) is 0 Å². The smallest absolute Gasteiger partial charge is 0.111 e. The molecule has 0 spiro atoms. The first-order valence-corrected chi connectivity index (χ1v) is 6.60. The lowest BCUT2D eigenvalue weighted by molar-refractivity contribution is -0.150. The van der Waals surface area contributed by atoms with Crippen LogP contribution in [0.4, 0.5) is 0 Å². The van der Waals surface area contributed by atoms with Crippen LogP contribution in [-0.4, -0.2) is 74.4 Å². The van der Waals surface area contributed by atoms with Gasteiger partial charge in [0.25, 0.3) is 0 Å². The van der Waals surface area contributed by atoms with Crippen LogP contribution in [0.5, 0.6) is 0 Å². The van der Waals surface area contributed by atoms with Gasteiger partial charge in [-0.05, 0) is 5.56 Å². The number of hydrogen-bond donors (Lipinski definition) is 6. The number of aliphatic hydroxyl groups excluding tert-OH is 6. The number of aliphatic hydroxyl groups is 6. The van der Waals surface area contributed by atoms with Gasteiger partial charge in [0.1, 0.15) is 30.5 Å². The summed E-state index contributed by atoms with van der Waals surface area (Å²) in [4.78, 5) is 0. The van der Waals surface area contributed by atoms with Crippen LogP contribution < -0.4 is 0 Å². The van der Waals surface area contributed by atoms with Gasteiger partial charge in [0.05, 0.1) is 19.8 Å². The third-order valence-electron chi connectivity index (χ3n) is 3.08. The summed E-state index contributed by atoms with van der Waals surface area (Å²) in [5.41, 5.74) is 0.885. The van der Waals surface area contributed by atoms with Crippen molar-refractivity contribution < 1.29 is 35.4 Å². The highest BCUT2D eigenvalue weighted by Gasteiger charge is 2.34. The molecule has 0 saturated heterocycles. The number of hydrogen-bond acceptors (Lipinski definition) is 7. The second-order valence-electron chi connectivity index (χ2n) is 4.79. The zero-order valence-electron chi connectivity index (χ0n) is 11.5. The summed E-state index contributed by atoms with van der Waals surface area (Å²) in [5, 5.41) is 56.2. The lowest BCUT2D eigenvalue weighted by atomic mass is 10.00. The van der Waals surface area contributed by atoms with Crippen LogP contribution in [0.25, 0.3) is 0 Å². The maximum Gasteiger partial charge on any atom is 0.111 e. The molecule has 7 heteroatoms. The van der Waals surface area contributed by atoms with Crippen LogP contribution in [0.15, 0.2) is 30.3 Å². The molecule has 120 valence electrons. The molecule has 0 aliphatic rings. The molecule has 1 aromatic rings. The zero-order chi connectivity index (χ0) is 15.8. The fraction of sp³-hybridized carbons (Fsp3) is 0.571. The van der Waals surface area contributed by atoms with Gasteiger partial charge in [-0.2, -0.15) is 0 Å². The minimum Gasteiger partial charge on any atom is -0.394 e. The van der Waals surface area contributed by atoms with E-state index in [4.69, 9.17) is 14.9 Å². The molecule has 0 saturated carbocycles. The molecular weight excluding hydrogens is 280 g/mol. The second kappa shape index (κ2) is 9.06. The van der Waals surface area contributed by atoms with Crippen molar-refractivity contribution in [3.8, 4) is 0 Å². The molecule has 0 radical (unpaired) electrons. The number of benzene rings is 1. The molecule has 1 unspecified atom stereocenters. The standard InChI is InChI=1S/C14H22O7/c15-6-10(16)12(18)14(20)13(19)11(17)8-21-7-9-4-2-1-3-5-9/h1-5,10-20H,6-8H2/t10?,11-,12+,13+,14+/m0/s1. The van der Waals surface area contributed by atoms with E-state index in [1.807, 2.05) is 30.3 Å². The predicted molar refractivity (Wildman–Crippen MR) is 73.2 cm³/mol. The Balaban J connectivity index is 2.38. The fourth-order valence-corrected chi connectivity index (χ4v) is 1.74. The monoisotopic (exact) mass is 302 g/mol. The highest BCUT2D eigenvalue weighted by molar-refractivity contribution is 5.13. The molecule has 5 atom stereocenters. The highest BCUT2D eigenvalue weighted by atomic mass is 16.5. The molecule has 0 aliphatic carbocycles. The first-order chi connectivity index (χ1) is 9.97. The van der Waals surface area contributed by atoms with E-state index in [0.29, 0.717) is 0 Å². The molecule has 0 fully saturated rings. The Morgan fingerprint density at radius 1 is 0.810 bits per heavy atom. The summed E-state index contributed by atoms with van der Waals surface area (Å²) < 4.78 is 5.20. The van der Waals surface area contributed by atoms with Crippen molar-refractivity contribution in [3.05, 3.63) is 35.9 Å². The Morgan fingerprint density at radius 2 is 1.38 bits per heavy atom. The van der Waals surface area contributed by atoms with Crippen LogP contribution >= 0.6 is 0 Å². The predicted octanol–water partition coefficient (Wildman–Crippen LogP) is -2.00. The van der Waals surface area contributed by atoms with E-state index in [-0.39, 0.29) is 13.2 Å². The van der Waals surface area contributed by atoms with Gasteiger partial charge in [-0.15, -0.1) is 0 Å². The van der Waals surface area contributed by atoms with Gasteiger partial charge < -0.3 is 35.4 Å². The largest absolute Gasteiger partial charge is 0.394 e. The Bertz CT molecular complexity index is 386. The normalized spacial score (nSPS) is 18.8. The SMILES string of the molecule is OCC(O)[C@@H](O)[C@@H](O)[C@H](O)[C@@H](O)COCc1ccccc1. The molecule has 21 heavy (non-hydrogen) atoms. The molecule has 0 aliphatic heterocycles. The van der Waals surface area contributed by atoms with E-state index in [2.05, 4.69) is 0 Å². The third kappa shape index (κ3) is 5.68. The minimum absolute atomic E-state index is 0.225. The van der Waals surface area contributed by atoms with Crippen molar-refractivity contribution >= 4 is 0 Å². The Hall–Kier alpha value is -1.06. The summed E-state index contributed by atoms with van der Waals surface area (Å²) in [6, 6.07) is 9.19. The molecule has 1 aromatic carbocycles. The van der Waals surface area contributed by atoms with E-state index in [0.717, 1.165) is 5.56 Å². The van der Waals surface area contributed by atoms with Crippen LogP contribution in [0, 0.1) is 0 Å². The quantitative estimate of drug-likeness (QED) is 0.311. The maximum atomic E-state index is 9.68. The van der Waals surface area contributed by atoms with Gasteiger partial charge >= 0.3 is 0 Å². The van der Waals surface area contributed by atoms with Crippen molar-refractivity contribution in [1.29, 1.82) is 0 Å². The van der Waals surface area contributed by atoms with E-state index in [9.17, 15) is 20.4 Å². The number of ether oxygens (including phenoxy) is 1. The first kappa shape index (κ1) is 18.0. The fourth-order valence-electron chi connectivity index (χ4n) is 1.74. The zero-order valence-corrected chi connectivity index (χ0v) is 11.5. The lowest BCUT2D eigenvalue weighted by Gasteiger charge is -2.28. The molecule has 0 aromatic heterocycles. The molecular formula is C14H22O7. The van der Waals surface area contributed by atoms with E-state index in [1.165, 1.54) is 0 Å². The average Bonchev–Trinajstić information content (AvgIpc) is 2.52. The summed E-state index contributed by atoms with van der Waals surface area (Å²) in [6.45, 7) is -0.802. The van der Waals surface area contributed by atoms with Crippen molar-refractivity contribution in [3.63, 3.8) is 0 Å². The van der Waals surface area contributed by atoms with Crippen molar-refractivity contribution in [2.75, 3.05) is 13.2 Å². The van der Waals surface area contributed by atoms with E-state index < -0.39 is 37.1 Å². The molecule has 1 rings (SSSR count).